The molecular weight excluding hydrogens is 1360 g/mol. The Balaban J connectivity index is 0.000000136. The predicted molar refractivity (Wildman–Crippen MR) is 402 cm³/mol. The highest BCUT2D eigenvalue weighted by Crippen LogP contribution is 2.44. The number of aryl methyl sites for hydroxylation is 2. The number of carbonyl (C=O) groups is 2. The van der Waals surface area contributed by atoms with E-state index in [1.54, 1.807) is 81.2 Å². The van der Waals surface area contributed by atoms with Crippen LogP contribution in [0.15, 0.2) is 195 Å². The highest BCUT2D eigenvalue weighted by molar-refractivity contribution is 7.91. The van der Waals surface area contributed by atoms with Crippen LogP contribution in [-0.2, 0) is 33.5 Å². The fraction of sp³-hybridized carbons (Fsp3) is 0.173. The quantitative estimate of drug-likeness (QED) is 0.0343. The van der Waals surface area contributed by atoms with Crippen LogP contribution in [0.2, 0.25) is 15.1 Å². The minimum absolute atomic E-state index is 0.0927. The lowest BCUT2D eigenvalue weighted by atomic mass is 10.00. The van der Waals surface area contributed by atoms with Gasteiger partial charge in [0.2, 0.25) is 27.8 Å². The number of carbonyl (C=O) groups excluding carboxylic acids is 2. The van der Waals surface area contributed by atoms with E-state index in [9.17, 15) is 18.0 Å². The average molecular weight is 1420 g/mol. The van der Waals surface area contributed by atoms with Crippen LogP contribution in [0.3, 0.4) is 0 Å². The third kappa shape index (κ3) is 17.1. The van der Waals surface area contributed by atoms with Gasteiger partial charge < -0.3 is 41.5 Å². The zero-order valence-electron chi connectivity index (χ0n) is 55.3. The number of pyridine rings is 1. The SMILES string of the molecule is CCn1cc(-c2ccnc3[nH]ccc23)c(-c2cccc(NC(=O)Nc3ccc(C)cc3)c2)n1.CNc1nccc(-c2[nH]c(C3CC3)nc2-c2cccc(NC(=O)Cc3ccc(Cl)cc3)c2)n1.CNc1nccc(-c2[nH]c(C3CC3)nc2-c2cccc(NS(=O)(=O)Cc3ccc(Cl)c(Cl)c3)c2)n1. The highest BCUT2D eigenvalue weighted by atomic mass is 35.5. The lowest BCUT2D eigenvalue weighted by Gasteiger charge is -2.10. The molecule has 101 heavy (non-hydrogen) atoms. The van der Waals surface area contributed by atoms with E-state index >= 15 is 0 Å². The zero-order valence-corrected chi connectivity index (χ0v) is 58.4. The summed E-state index contributed by atoms with van der Waals surface area (Å²) in [6.07, 6.45) is 13.9. The van der Waals surface area contributed by atoms with Gasteiger partial charge in [0.25, 0.3) is 0 Å². The molecule has 0 aliphatic heterocycles. The standard InChI is InChI=1S/C26H24N6O.C25H23ClN6O.C24H22Cl2N6O2S/c1-3-32-16-23(21-11-13-27-25-22(21)12-14-28-25)24(31-32)18-5-4-6-20(15-18)30-26(33)29-19-9-7-17(2)8-10-19;1-27-25-28-12-11-20(30-25)23-22(31-24(32-23)16-7-8-16)17-3-2-4-19(14-17)29-21(33)13-15-5-9-18(26)10-6-15;1-27-24-28-10-9-20(29-24)22-21(30-23(31-22)15-6-7-15)16-3-2-4-17(12-16)32-35(33,34)13-14-5-8-18(25)19(26)11-14/h4-16H,3H2,1-2H3,(H,27,28)(H2,29,30,33);2-6,9-12,14,16H,7-8,13H2,1H3,(H,29,33)(H,31,32)(H,27,28,30);2-5,8-12,15,32H,6-7,13H2,1H3,(H,30,31)(H,27,28,29). The maximum absolute atomic E-state index is 12.8. The van der Waals surface area contributed by atoms with E-state index in [1.165, 1.54) is 0 Å². The first kappa shape index (κ1) is 68.3. The molecule has 0 saturated heterocycles. The average Bonchev–Trinajstić information content (AvgIpc) is 1.66. The molecule has 0 atom stereocenters. The number of rotatable bonds is 20. The number of anilines is 6. The molecule has 26 heteroatoms. The largest absolute Gasteiger partial charge is 0.357 e. The predicted octanol–water partition coefficient (Wildman–Crippen LogP) is 17.1. The number of halogens is 3. The summed E-state index contributed by atoms with van der Waals surface area (Å²) in [6, 6.07) is 49.8. The van der Waals surface area contributed by atoms with Crippen LogP contribution in [0.25, 0.3) is 78.7 Å². The van der Waals surface area contributed by atoms with Gasteiger partial charge in [-0.15, -0.1) is 0 Å². The molecule has 0 bridgehead atoms. The molecule has 15 rings (SSSR count). The van der Waals surface area contributed by atoms with Crippen molar-refractivity contribution >= 4 is 102 Å². The molecule has 2 fully saturated rings. The van der Waals surface area contributed by atoms with Crippen molar-refractivity contribution in [2.24, 2.45) is 0 Å². The van der Waals surface area contributed by atoms with Gasteiger partial charge in [0.1, 0.15) is 23.0 Å². The number of aromatic nitrogens is 12. The van der Waals surface area contributed by atoms with Crippen molar-refractivity contribution in [1.82, 2.24) is 59.6 Å². The molecule has 2 aliphatic rings. The summed E-state index contributed by atoms with van der Waals surface area (Å²) in [6.45, 7) is 4.83. The molecule has 6 aromatic carbocycles. The number of sulfonamides is 1. The Morgan fingerprint density at radius 3 is 1.70 bits per heavy atom. The Kier molecular flexibility index (Phi) is 20.6. The van der Waals surface area contributed by atoms with E-state index in [2.05, 4.69) is 84.3 Å². The molecule has 7 heterocycles. The summed E-state index contributed by atoms with van der Waals surface area (Å²) < 4.78 is 30.3. The molecule has 2 aliphatic carbocycles. The fourth-order valence-corrected chi connectivity index (χ4v) is 12.9. The molecule has 510 valence electrons. The van der Waals surface area contributed by atoms with E-state index in [0.29, 0.717) is 72.8 Å². The highest BCUT2D eigenvalue weighted by Gasteiger charge is 2.31. The van der Waals surface area contributed by atoms with Gasteiger partial charge in [0, 0.05) is 119 Å². The molecule has 22 nitrogen and oxygen atoms in total. The number of hydrogen-bond donors (Lipinski definition) is 9. The van der Waals surface area contributed by atoms with Crippen molar-refractivity contribution in [3.05, 3.63) is 238 Å². The normalized spacial score (nSPS) is 12.5. The smallest absolute Gasteiger partial charge is 0.323 e. The van der Waals surface area contributed by atoms with Gasteiger partial charge in [-0.3, -0.25) is 14.2 Å². The Morgan fingerprint density at radius 2 is 1.12 bits per heavy atom. The number of nitrogens with one attached hydrogen (secondary N) is 9. The van der Waals surface area contributed by atoms with Gasteiger partial charge in [0.05, 0.1) is 56.4 Å². The Hall–Kier alpha value is -11.2. The van der Waals surface area contributed by atoms with Crippen LogP contribution in [0.5, 0.6) is 0 Å². The minimum Gasteiger partial charge on any atom is -0.357 e. The summed E-state index contributed by atoms with van der Waals surface area (Å²) in [4.78, 5) is 66.9. The molecule has 13 aromatic rings. The second kappa shape index (κ2) is 30.5. The van der Waals surface area contributed by atoms with E-state index in [-0.39, 0.29) is 24.1 Å². The number of nitrogens with zero attached hydrogens (tertiary/aromatic N) is 9. The van der Waals surface area contributed by atoms with Crippen LogP contribution in [0, 0.1) is 6.92 Å². The number of benzene rings is 6. The summed E-state index contributed by atoms with van der Waals surface area (Å²) in [5.74, 6) is 3.47. The van der Waals surface area contributed by atoms with E-state index in [4.69, 9.17) is 49.9 Å². The zero-order chi connectivity index (χ0) is 70.2. The Morgan fingerprint density at radius 1 is 0.564 bits per heavy atom. The summed E-state index contributed by atoms with van der Waals surface area (Å²) in [5, 5.41) is 21.9. The number of amides is 3. The molecule has 3 amide bonds. The van der Waals surface area contributed by atoms with Crippen molar-refractivity contribution in [3.8, 4) is 67.7 Å². The number of urea groups is 1. The second-order valence-electron chi connectivity index (χ2n) is 24.3. The molecule has 9 N–H and O–H groups in total. The third-order valence-electron chi connectivity index (χ3n) is 16.6. The third-order valence-corrected chi connectivity index (χ3v) is 18.9. The first-order valence-corrected chi connectivity index (χ1v) is 35.5. The molecule has 0 spiro atoms. The Labute approximate surface area is 597 Å². The van der Waals surface area contributed by atoms with Crippen LogP contribution in [0.4, 0.5) is 39.4 Å². The first-order chi connectivity index (χ1) is 49.0. The number of hydrogen-bond acceptors (Lipinski definition) is 14. The van der Waals surface area contributed by atoms with E-state index in [1.807, 2.05) is 133 Å². The summed E-state index contributed by atoms with van der Waals surface area (Å²) in [7, 11) is -0.144. The van der Waals surface area contributed by atoms with Crippen molar-refractivity contribution in [1.29, 1.82) is 0 Å². The van der Waals surface area contributed by atoms with Crippen LogP contribution in [-0.4, -0.2) is 94.1 Å². The van der Waals surface area contributed by atoms with Crippen LogP contribution in [0.1, 0.15) is 72.8 Å². The topological polar surface area (TPSA) is 296 Å². The maximum atomic E-state index is 12.8. The number of imidazole rings is 2. The molecule has 2 saturated carbocycles. The molecule has 7 aromatic heterocycles. The van der Waals surface area contributed by atoms with E-state index in [0.717, 1.165) is 128 Å². The van der Waals surface area contributed by atoms with Crippen molar-refractivity contribution < 1.29 is 18.0 Å². The second-order valence-corrected chi connectivity index (χ2v) is 27.2. The summed E-state index contributed by atoms with van der Waals surface area (Å²) >= 11 is 17.9. The van der Waals surface area contributed by atoms with Gasteiger partial charge in [-0.1, -0.05) is 107 Å². The van der Waals surface area contributed by atoms with Crippen molar-refractivity contribution in [2.45, 2.75) is 70.1 Å². The molecule has 0 radical (unpaired) electrons. The number of fused-ring (bicyclic) bond motifs is 1. The monoisotopic (exact) mass is 1420 g/mol. The summed E-state index contributed by atoms with van der Waals surface area (Å²) in [5.41, 5.74) is 16.1. The maximum Gasteiger partial charge on any atom is 0.323 e. The van der Waals surface area contributed by atoms with Crippen molar-refractivity contribution in [3.63, 3.8) is 0 Å². The van der Waals surface area contributed by atoms with Gasteiger partial charge >= 0.3 is 6.03 Å². The van der Waals surface area contributed by atoms with Gasteiger partial charge in [-0.05, 0) is 153 Å². The van der Waals surface area contributed by atoms with Crippen LogP contribution < -0.4 is 31.3 Å². The minimum atomic E-state index is -3.69. The van der Waals surface area contributed by atoms with Gasteiger partial charge in [-0.25, -0.2) is 48.1 Å². The lowest BCUT2D eigenvalue weighted by Crippen LogP contribution is -2.19. The Bertz CT molecular complexity index is 5260. The van der Waals surface area contributed by atoms with E-state index < -0.39 is 10.0 Å². The lowest BCUT2D eigenvalue weighted by molar-refractivity contribution is -0.115. The van der Waals surface area contributed by atoms with Crippen molar-refractivity contribution in [2.75, 3.05) is 45.4 Å². The number of H-pyrrole nitrogens is 3. The first-order valence-electron chi connectivity index (χ1n) is 32.7. The number of aromatic amines is 3. The van der Waals surface area contributed by atoms with Gasteiger partial charge in [0.15, 0.2) is 0 Å². The molecule has 0 unspecified atom stereocenters. The van der Waals surface area contributed by atoms with Crippen LogP contribution >= 0.6 is 34.8 Å². The molecular formula is C75H69Cl3N18O4S. The fourth-order valence-electron chi connectivity index (χ4n) is 11.3. The van der Waals surface area contributed by atoms with Gasteiger partial charge in [-0.2, -0.15) is 5.10 Å².